The van der Waals surface area contributed by atoms with E-state index in [0.29, 0.717) is 5.88 Å². The van der Waals surface area contributed by atoms with E-state index >= 15 is 0 Å². The molecule has 0 saturated carbocycles. The average molecular weight is 281 g/mol. The van der Waals surface area contributed by atoms with E-state index in [1.165, 1.54) is 6.08 Å². The minimum atomic E-state index is -0.884. The Morgan fingerprint density at radius 1 is 1.32 bits per heavy atom. The van der Waals surface area contributed by atoms with Crippen LogP contribution in [-0.4, -0.2) is 11.1 Å². The van der Waals surface area contributed by atoms with Crippen molar-refractivity contribution in [2.45, 2.75) is 26.7 Å². The van der Waals surface area contributed by atoms with E-state index in [2.05, 4.69) is 6.58 Å². The lowest BCUT2D eigenvalue weighted by Crippen LogP contribution is -2.00. The Hall–Kier alpha value is -1.54. The van der Waals surface area contributed by atoms with Gasteiger partial charge in [-0.15, -0.1) is 11.6 Å². The van der Waals surface area contributed by atoms with Gasteiger partial charge in [-0.25, -0.2) is 4.79 Å². The molecule has 0 heterocycles. The molecule has 19 heavy (non-hydrogen) atoms. The van der Waals surface area contributed by atoms with Crippen molar-refractivity contribution in [1.82, 2.24) is 0 Å². The van der Waals surface area contributed by atoms with Crippen LogP contribution in [0.3, 0.4) is 0 Å². The second-order valence-corrected chi connectivity index (χ2v) is 5.38. The summed E-state index contributed by atoms with van der Waals surface area (Å²) in [4.78, 5) is 9.96. The number of aliphatic carboxylic acids is 1. The van der Waals surface area contributed by atoms with Gasteiger partial charge >= 0.3 is 5.97 Å². The molecule has 1 rings (SSSR count). The van der Waals surface area contributed by atoms with Crippen molar-refractivity contribution in [2.24, 2.45) is 5.41 Å². The third-order valence-corrected chi connectivity index (χ3v) is 2.40. The Kier molecular flexibility index (Phi) is 7.85. The number of carboxylic acids is 1. The first-order valence-corrected chi connectivity index (χ1v) is 6.51. The Labute approximate surface area is 120 Å². The summed E-state index contributed by atoms with van der Waals surface area (Å²) in [5, 5.41) is 8.19. The Morgan fingerprint density at radius 2 is 1.84 bits per heavy atom. The highest BCUT2D eigenvalue weighted by atomic mass is 35.5. The van der Waals surface area contributed by atoms with E-state index in [9.17, 15) is 4.79 Å². The van der Waals surface area contributed by atoms with Crippen molar-refractivity contribution < 1.29 is 9.90 Å². The Bertz CT molecular complexity index is 425. The van der Waals surface area contributed by atoms with Gasteiger partial charge in [-0.05, 0) is 16.5 Å². The van der Waals surface area contributed by atoms with Crippen LogP contribution >= 0.6 is 11.6 Å². The van der Waals surface area contributed by atoms with Gasteiger partial charge in [0.1, 0.15) is 0 Å². The summed E-state index contributed by atoms with van der Waals surface area (Å²) in [5.74, 6) is -0.304. The van der Waals surface area contributed by atoms with Crippen molar-refractivity contribution >= 4 is 23.6 Å². The van der Waals surface area contributed by atoms with E-state index < -0.39 is 5.97 Å². The maximum Gasteiger partial charge on any atom is 0.327 e. The first kappa shape index (κ1) is 17.5. The van der Waals surface area contributed by atoms with Crippen LogP contribution in [0.4, 0.5) is 0 Å². The van der Waals surface area contributed by atoms with Crippen molar-refractivity contribution in [3.63, 3.8) is 0 Å². The number of carboxylic acid groups (broad SMARTS) is 1. The fourth-order valence-corrected chi connectivity index (χ4v) is 1.24. The molecule has 1 aromatic carbocycles. The lowest BCUT2D eigenvalue weighted by Gasteiger charge is -2.09. The topological polar surface area (TPSA) is 37.3 Å². The van der Waals surface area contributed by atoms with Gasteiger partial charge in [0.25, 0.3) is 0 Å². The first-order chi connectivity index (χ1) is 8.78. The molecule has 0 aliphatic carbocycles. The zero-order chi connectivity index (χ0) is 14.9. The average Bonchev–Trinajstić information content (AvgIpc) is 2.36. The number of halogens is 1. The molecule has 0 unspecified atom stereocenters. The number of hydrogen-bond acceptors (Lipinski definition) is 1. The molecule has 2 nitrogen and oxygen atoms in total. The zero-order valence-electron chi connectivity index (χ0n) is 11.7. The molecule has 0 saturated heterocycles. The standard InChI is InChI=1S/C9H9Cl.C7H12O2/c1-2-8-3-5-9(7-10)6-4-8;1-7(2,3)5-4-6(8)9/h2-6H,1,7H2;4-5H,1-3H3,(H,8,9). The zero-order valence-corrected chi connectivity index (χ0v) is 12.4. The second kappa shape index (κ2) is 8.54. The molecular formula is C16H21ClO2. The summed E-state index contributed by atoms with van der Waals surface area (Å²) >= 11 is 5.60. The van der Waals surface area contributed by atoms with Gasteiger partial charge in [0, 0.05) is 12.0 Å². The molecule has 104 valence electrons. The number of hydrogen-bond donors (Lipinski definition) is 1. The van der Waals surface area contributed by atoms with Crippen LogP contribution in [0, 0.1) is 5.41 Å². The molecule has 1 N–H and O–H groups in total. The molecule has 1 aromatic rings. The van der Waals surface area contributed by atoms with Crippen LogP contribution < -0.4 is 0 Å². The lowest BCUT2D eigenvalue weighted by atomic mass is 9.96. The van der Waals surface area contributed by atoms with E-state index in [0.717, 1.165) is 11.1 Å². The van der Waals surface area contributed by atoms with Crippen LogP contribution in [0.2, 0.25) is 0 Å². The highest BCUT2D eigenvalue weighted by molar-refractivity contribution is 6.17. The molecule has 3 heteroatoms. The number of benzene rings is 1. The van der Waals surface area contributed by atoms with E-state index in [4.69, 9.17) is 16.7 Å². The second-order valence-electron chi connectivity index (χ2n) is 5.12. The lowest BCUT2D eigenvalue weighted by molar-refractivity contribution is -0.131. The molecule has 0 radical (unpaired) electrons. The minimum Gasteiger partial charge on any atom is -0.478 e. The minimum absolute atomic E-state index is 0.0294. The van der Waals surface area contributed by atoms with Gasteiger partial charge in [0.2, 0.25) is 0 Å². The SMILES string of the molecule is C=Cc1ccc(CCl)cc1.CC(C)(C)C=CC(=O)O. The summed E-state index contributed by atoms with van der Waals surface area (Å²) < 4.78 is 0. The van der Waals surface area contributed by atoms with E-state index in [-0.39, 0.29) is 5.41 Å². The maximum absolute atomic E-state index is 9.96. The molecule has 0 spiro atoms. The fourth-order valence-electron chi connectivity index (χ4n) is 1.06. The van der Waals surface area contributed by atoms with Gasteiger partial charge in [-0.2, -0.15) is 0 Å². The van der Waals surface area contributed by atoms with Crippen molar-refractivity contribution in [1.29, 1.82) is 0 Å². The fraction of sp³-hybridized carbons (Fsp3) is 0.312. The third-order valence-electron chi connectivity index (χ3n) is 2.10. The first-order valence-electron chi connectivity index (χ1n) is 5.98. The predicted octanol–water partition coefficient (Wildman–Crippen LogP) is 4.74. The quantitative estimate of drug-likeness (QED) is 0.641. The van der Waals surface area contributed by atoms with Gasteiger partial charge < -0.3 is 5.11 Å². The third kappa shape index (κ3) is 10.1. The summed E-state index contributed by atoms with van der Waals surface area (Å²) in [6.07, 6.45) is 4.65. The van der Waals surface area contributed by atoms with E-state index in [1.54, 1.807) is 6.08 Å². The summed E-state index contributed by atoms with van der Waals surface area (Å²) in [6.45, 7) is 9.51. The number of allylic oxidation sites excluding steroid dienone is 1. The van der Waals surface area contributed by atoms with Gasteiger partial charge in [-0.1, -0.05) is 63.8 Å². The largest absolute Gasteiger partial charge is 0.478 e. The Balaban J connectivity index is 0.000000344. The molecule has 0 aliphatic heterocycles. The summed E-state index contributed by atoms with van der Waals surface area (Å²) in [6, 6.07) is 8.02. The predicted molar refractivity (Wildman–Crippen MR) is 82.3 cm³/mol. The van der Waals surface area contributed by atoms with Gasteiger partial charge in [0.05, 0.1) is 0 Å². The number of carbonyl (C=O) groups is 1. The molecule has 0 bridgehead atoms. The van der Waals surface area contributed by atoms with Gasteiger partial charge in [0.15, 0.2) is 0 Å². The van der Waals surface area contributed by atoms with Crippen LogP contribution in [0.1, 0.15) is 31.9 Å². The van der Waals surface area contributed by atoms with Crippen LogP contribution in [0.25, 0.3) is 6.08 Å². The van der Waals surface area contributed by atoms with Crippen molar-refractivity contribution in [3.05, 3.63) is 54.1 Å². The molecule has 0 amide bonds. The highest BCUT2D eigenvalue weighted by Crippen LogP contribution is 2.13. The van der Waals surface area contributed by atoms with Crippen molar-refractivity contribution in [3.8, 4) is 0 Å². The summed E-state index contributed by atoms with van der Waals surface area (Å²) in [5.41, 5.74) is 2.25. The highest BCUT2D eigenvalue weighted by Gasteiger charge is 2.03. The smallest absolute Gasteiger partial charge is 0.327 e. The molecule has 0 aliphatic rings. The van der Waals surface area contributed by atoms with Gasteiger partial charge in [-0.3, -0.25) is 0 Å². The van der Waals surface area contributed by atoms with Crippen LogP contribution in [0.15, 0.2) is 43.0 Å². The monoisotopic (exact) mass is 280 g/mol. The number of alkyl halides is 1. The van der Waals surface area contributed by atoms with Crippen molar-refractivity contribution in [2.75, 3.05) is 0 Å². The maximum atomic E-state index is 9.96. The normalized spacial score (nSPS) is 10.7. The van der Waals surface area contributed by atoms with Crippen LogP contribution in [-0.2, 0) is 10.7 Å². The molecular weight excluding hydrogens is 260 g/mol. The molecule has 0 atom stereocenters. The van der Waals surface area contributed by atoms with Crippen LogP contribution in [0.5, 0.6) is 0 Å². The Morgan fingerprint density at radius 3 is 2.11 bits per heavy atom. The number of rotatable bonds is 3. The molecule has 0 fully saturated rings. The summed E-state index contributed by atoms with van der Waals surface area (Å²) in [7, 11) is 0. The van der Waals surface area contributed by atoms with E-state index in [1.807, 2.05) is 51.1 Å². The molecule has 0 aromatic heterocycles.